The first-order chi connectivity index (χ1) is 24.9. The zero-order valence-electron chi connectivity index (χ0n) is 34.0. The highest BCUT2D eigenvalue weighted by Gasteiger charge is 2.49. The predicted octanol–water partition coefficient (Wildman–Crippen LogP) is 12.6. The van der Waals surface area contributed by atoms with E-state index < -0.39 is 0 Å². The van der Waals surface area contributed by atoms with Crippen LogP contribution in [0.4, 0.5) is 0 Å². The van der Waals surface area contributed by atoms with Crippen LogP contribution >= 0.6 is 31.9 Å². The molecule has 4 nitrogen and oxygen atoms in total. The molecule has 0 fully saturated rings. The van der Waals surface area contributed by atoms with Crippen LogP contribution in [0.2, 0.25) is 0 Å². The van der Waals surface area contributed by atoms with Crippen LogP contribution < -0.4 is 0 Å². The summed E-state index contributed by atoms with van der Waals surface area (Å²) < 4.78 is 1.86. The molecule has 54 heavy (non-hydrogen) atoms. The normalized spacial score (nSPS) is 15.6. The van der Waals surface area contributed by atoms with Gasteiger partial charge in [-0.1, -0.05) is 176 Å². The first kappa shape index (κ1) is 39.9. The summed E-state index contributed by atoms with van der Waals surface area (Å²) >= 11 is 7.21. The smallest absolute Gasteiger partial charge is 0.261 e. The molecule has 0 aromatic heterocycles. The fourth-order valence-electron chi connectivity index (χ4n) is 7.18. The third-order valence-electron chi connectivity index (χ3n) is 10.5. The van der Waals surface area contributed by atoms with Crippen LogP contribution in [0.25, 0.3) is 11.4 Å². The number of halogens is 2. The average molecular weight is 851 g/mol. The standard InChI is InChI=1S/C48H54Br2N2O2/c1-45(2,3)33-21-29(22-34(25-33)46(4,5)6)27-51-41(31-13-17-37(49)18-14-31)39-40(43(51)53)42(32-15-19-38(50)20-16-32)52(44(39)54)28-30-23-35(47(7,8)9)26-36(24-30)48(10,11)12/h13-26H,27-28H2,1-12H3. The molecule has 2 amide bonds. The van der Waals surface area contributed by atoms with Gasteiger partial charge in [-0.05, 0) is 90.4 Å². The second kappa shape index (κ2) is 14.1. The minimum absolute atomic E-state index is 0.0839. The number of carbonyl (C=O) groups is 2. The van der Waals surface area contributed by atoms with E-state index in [4.69, 9.17) is 0 Å². The summed E-state index contributed by atoms with van der Waals surface area (Å²) in [5.74, 6) is -0.317. The Morgan fingerprint density at radius 3 is 0.926 bits per heavy atom. The highest BCUT2D eigenvalue weighted by atomic mass is 79.9. The fraction of sp³-hybridized carbons (Fsp3) is 0.375. The summed E-state index contributed by atoms with van der Waals surface area (Å²) in [5, 5.41) is 0. The number of benzene rings is 4. The Hall–Kier alpha value is -3.74. The van der Waals surface area contributed by atoms with Gasteiger partial charge < -0.3 is 9.80 Å². The lowest BCUT2D eigenvalue weighted by atomic mass is 9.79. The van der Waals surface area contributed by atoms with E-state index in [2.05, 4.69) is 151 Å². The molecule has 6 rings (SSSR count). The maximum Gasteiger partial charge on any atom is 0.261 e. The van der Waals surface area contributed by atoms with Crippen molar-refractivity contribution in [1.29, 1.82) is 0 Å². The van der Waals surface area contributed by atoms with Crippen LogP contribution in [0.1, 0.15) is 128 Å². The first-order valence-corrected chi connectivity index (χ1v) is 20.5. The summed E-state index contributed by atoms with van der Waals surface area (Å²) in [6.07, 6.45) is 0. The van der Waals surface area contributed by atoms with Gasteiger partial charge in [-0.2, -0.15) is 0 Å². The molecule has 2 aliphatic heterocycles. The van der Waals surface area contributed by atoms with Crippen molar-refractivity contribution in [1.82, 2.24) is 9.80 Å². The van der Waals surface area contributed by atoms with Crippen LogP contribution in [0.3, 0.4) is 0 Å². The lowest BCUT2D eigenvalue weighted by Gasteiger charge is -2.29. The molecule has 282 valence electrons. The van der Waals surface area contributed by atoms with Gasteiger partial charge in [0.15, 0.2) is 0 Å². The highest BCUT2D eigenvalue weighted by molar-refractivity contribution is 9.10. The molecule has 2 aliphatic rings. The zero-order valence-corrected chi connectivity index (χ0v) is 37.1. The summed E-state index contributed by atoms with van der Waals surface area (Å²) in [6.45, 7) is 27.4. The Morgan fingerprint density at radius 1 is 0.426 bits per heavy atom. The van der Waals surface area contributed by atoms with Crippen LogP contribution in [0.15, 0.2) is 105 Å². The molecular formula is C48H54Br2N2O2. The largest absolute Gasteiger partial charge is 0.302 e. The van der Waals surface area contributed by atoms with Gasteiger partial charge in [0.1, 0.15) is 0 Å². The summed E-state index contributed by atoms with van der Waals surface area (Å²) in [4.78, 5) is 34.1. The minimum Gasteiger partial charge on any atom is -0.302 e. The van der Waals surface area contributed by atoms with Gasteiger partial charge in [-0.3, -0.25) is 9.59 Å². The number of hydrogen-bond acceptors (Lipinski definition) is 2. The second-order valence-corrected chi connectivity index (χ2v) is 20.9. The van der Waals surface area contributed by atoms with Crippen molar-refractivity contribution in [2.75, 3.05) is 0 Å². The molecule has 0 spiro atoms. The lowest BCUT2D eigenvalue weighted by molar-refractivity contribution is -0.124. The van der Waals surface area contributed by atoms with Crippen molar-refractivity contribution >= 4 is 55.1 Å². The third kappa shape index (κ3) is 7.97. The van der Waals surface area contributed by atoms with Crippen molar-refractivity contribution in [3.63, 3.8) is 0 Å². The molecule has 2 heterocycles. The topological polar surface area (TPSA) is 40.6 Å². The number of nitrogens with zero attached hydrogens (tertiary/aromatic N) is 2. The van der Waals surface area contributed by atoms with E-state index >= 15 is 9.59 Å². The SMILES string of the molecule is CC(C)(C)c1cc(CN2C(=O)C3=C(c4ccc(Br)cc4)N(Cc4cc(C(C)(C)C)cc(C(C)(C)C)c4)C(=O)C3=C2c2ccc(Br)cc2)cc(C(C)(C)C)c1. The maximum absolute atomic E-state index is 15.2. The van der Waals surface area contributed by atoms with Gasteiger partial charge in [-0.15, -0.1) is 0 Å². The van der Waals surface area contributed by atoms with E-state index in [0.717, 1.165) is 31.2 Å². The summed E-state index contributed by atoms with van der Waals surface area (Å²) in [5.41, 5.74) is 10.5. The van der Waals surface area contributed by atoms with Crippen LogP contribution in [0, 0.1) is 0 Å². The molecule has 6 heteroatoms. The van der Waals surface area contributed by atoms with E-state index in [9.17, 15) is 0 Å². The van der Waals surface area contributed by atoms with E-state index in [-0.39, 0.29) is 33.5 Å². The molecule has 0 radical (unpaired) electrons. The molecule has 0 saturated carbocycles. The summed E-state index contributed by atoms with van der Waals surface area (Å²) in [6, 6.07) is 29.4. The van der Waals surface area contributed by atoms with Gasteiger partial charge >= 0.3 is 0 Å². The van der Waals surface area contributed by atoms with E-state index in [1.54, 1.807) is 0 Å². The minimum atomic E-state index is -0.158. The van der Waals surface area contributed by atoms with E-state index in [1.165, 1.54) is 22.3 Å². The van der Waals surface area contributed by atoms with Crippen LogP contribution in [-0.2, 0) is 44.3 Å². The molecule has 0 bridgehead atoms. The van der Waals surface area contributed by atoms with Crippen molar-refractivity contribution in [2.24, 2.45) is 0 Å². The number of hydrogen-bond donors (Lipinski definition) is 0. The van der Waals surface area contributed by atoms with Gasteiger partial charge in [-0.25, -0.2) is 0 Å². The monoisotopic (exact) mass is 848 g/mol. The number of amides is 2. The van der Waals surface area contributed by atoms with Crippen LogP contribution in [-0.4, -0.2) is 21.6 Å². The predicted molar refractivity (Wildman–Crippen MR) is 231 cm³/mol. The Kier molecular flexibility index (Phi) is 10.4. The molecule has 0 N–H and O–H groups in total. The third-order valence-corrected chi connectivity index (χ3v) is 11.6. The van der Waals surface area contributed by atoms with Gasteiger partial charge in [0.2, 0.25) is 0 Å². The molecule has 0 atom stereocenters. The number of fused-ring (bicyclic) bond motifs is 1. The molecule has 4 aromatic rings. The lowest BCUT2D eigenvalue weighted by Crippen LogP contribution is -2.30. The van der Waals surface area contributed by atoms with Crippen molar-refractivity contribution in [2.45, 2.75) is 118 Å². The van der Waals surface area contributed by atoms with Gasteiger partial charge in [0, 0.05) is 8.95 Å². The molecule has 0 aliphatic carbocycles. The Morgan fingerprint density at radius 2 is 0.685 bits per heavy atom. The number of carbonyl (C=O) groups excluding carboxylic acids is 2. The van der Waals surface area contributed by atoms with Crippen molar-refractivity contribution < 1.29 is 9.59 Å². The molecule has 0 unspecified atom stereocenters. The quantitative estimate of drug-likeness (QED) is 0.194. The van der Waals surface area contributed by atoms with Gasteiger partial charge in [0.05, 0.1) is 35.6 Å². The molecular weight excluding hydrogens is 796 g/mol. The number of rotatable bonds is 6. The first-order valence-electron chi connectivity index (χ1n) is 18.9. The van der Waals surface area contributed by atoms with Crippen molar-refractivity contribution in [3.8, 4) is 0 Å². The van der Waals surface area contributed by atoms with Crippen LogP contribution in [0.5, 0.6) is 0 Å². The Bertz CT molecular complexity index is 1970. The maximum atomic E-state index is 15.2. The van der Waals surface area contributed by atoms with Crippen molar-refractivity contribution in [3.05, 3.63) is 150 Å². The Labute approximate surface area is 340 Å². The second-order valence-electron chi connectivity index (χ2n) is 19.1. The van der Waals surface area contributed by atoms with E-state index in [1.807, 2.05) is 58.3 Å². The average Bonchev–Trinajstić information content (AvgIpc) is 3.50. The molecule has 0 saturated heterocycles. The Balaban J connectivity index is 1.58. The summed E-state index contributed by atoms with van der Waals surface area (Å²) in [7, 11) is 0. The van der Waals surface area contributed by atoms with E-state index in [0.29, 0.717) is 35.6 Å². The zero-order chi connectivity index (χ0) is 39.7. The molecule has 4 aromatic carbocycles. The van der Waals surface area contributed by atoms with Gasteiger partial charge in [0.25, 0.3) is 11.8 Å². The fourth-order valence-corrected chi connectivity index (χ4v) is 7.71. The highest BCUT2D eigenvalue weighted by Crippen LogP contribution is 2.48.